The van der Waals surface area contributed by atoms with Crippen LogP contribution in [0, 0.1) is 6.92 Å². The fourth-order valence-corrected chi connectivity index (χ4v) is 6.84. The van der Waals surface area contributed by atoms with Gasteiger partial charge in [0.1, 0.15) is 0 Å². The van der Waals surface area contributed by atoms with E-state index >= 15 is 0 Å². The fraction of sp³-hybridized carbons (Fsp3) is 0.0732. The second-order valence-electron chi connectivity index (χ2n) is 11.1. The highest BCUT2D eigenvalue weighted by Crippen LogP contribution is 2.63. The van der Waals surface area contributed by atoms with Crippen LogP contribution in [0.1, 0.15) is 40.3 Å². The van der Waals surface area contributed by atoms with Crippen LogP contribution in [0.4, 0.5) is 0 Å². The molecule has 0 saturated heterocycles. The Morgan fingerprint density at radius 2 is 0.927 bits per heavy atom. The van der Waals surface area contributed by atoms with E-state index in [1.54, 1.807) is 0 Å². The number of hydrogen-bond donors (Lipinski definition) is 0. The Hall–Kier alpha value is -4.94. The van der Waals surface area contributed by atoms with Gasteiger partial charge in [0.2, 0.25) is 0 Å². The van der Waals surface area contributed by atoms with E-state index < -0.39 is 0 Å². The van der Waals surface area contributed by atoms with Gasteiger partial charge in [0.05, 0.1) is 5.41 Å². The fourth-order valence-electron chi connectivity index (χ4n) is 6.84. The molecule has 2 aliphatic carbocycles. The molecule has 0 saturated carbocycles. The van der Waals surface area contributed by atoms with Gasteiger partial charge in [0.25, 0.3) is 0 Å². The minimum atomic E-state index is -0.264. The highest BCUT2D eigenvalue weighted by Gasteiger charge is 2.51. The van der Waals surface area contributed by atoms with Crippen molar-refractivity contribution in [3.63, 3.8) is 0 Å². The first kappa shape index (κ1) is 25.1. The lowest BCUT2D eigenvalue weighted by molar-refractivity contribution is 0.794. The smallest absolute Gasteiger partial charge is 0.0725 e. The van der Waals surface area contributed by atoms with E-state index in [2.05, 4.69) is 141 Å². The van der Waals surface area contributed by atoms with Gasteiger partial charge in [0.15, 0.2) is 0 Å². The van der Waals surface area contributed by atoms with E-state index in [0.717, 1.165) is 5.57 Å². The molecule has 0 atom stereocenters. The maximum Gasteiger partial charge on any atom is 0.0725 e. The van der Waals surface area contributed by atoms with Gasteiger partial charge in [-0.15, -0.1) is 0 Å². The van der Waals surface area contributed by atoms with Crippen LogP contribution < -0.4 is 0 Å². The Bertz CT molecular complexity index is 1860. The van der Waals surface area contributed by atoms with Gasteiger partial charge in [-0.25, -0.2) is 0 Å². The van der Waals surface area contributed by atoms with Crippen molar-refractivity contribution in [2.45, 2.75) is 19.3 Å². The molecule has 0 amide bonds. The number of rotatable bonds is 2. The number of benzene rings is 6. The van der Waals surface area contributed by atoms with Crippen LogP contribution in [0.2, 0.25) is 0 Å². The standard InChI is InChI=1S/C32H22.C9H10/c1-21-17-19-22(20-18-21)23-12-8-16-30-31(23)26-11-4-7-15-29(26)32(30)27-13-5-2-9-24(27)25-10-3-6-14-28(25)32;1-8(2)9-6-4-3-5-7-9/h2-20H,1H3;3-7H,1H2,2H3. The van der Waals surface area contributed by atoms with Crippen molar-refractivity contribution in [2.24, 2.45) is 0 Å². The monoisotopic (exact) mass is 524 g/mol. The molecule has 196 valence electrons. The van der Waals surface area contributed by atoms with Crippen LogP contribution in [0.25, 0.3) is 39.0 Å². The summed E-state index contributed by atoms with van der Waals surface area (Å²) in [4.78, 5) is 0. The molecular weight excluding hydrogens is 492 g/mol. The lowest BCUT2D eigenvalue weighted by atomic mass is 9.70. The van der Waals surface area contributed by atoms with Crippen LogP contribution >= 0.6 is 0 Å². The third-order valence-electron chi connectivity index (χ3n) is 8.65. The predicted molar refractivity (Wildman–Crippen MR) is 174 cm³/mol. The van der Waals surface area contributed by atoms with Crippen molar-refractivity contribution < 1.29 is 0 Å². The van der Waals surface area contributed by atoms with Crippen LogP contribution in [-0.2, 0) is 5.41 Å². The van der Waals surface area contributed by atoms with Crippen LogP contribution in [0.3, 0.4) is 0 Å². The number of hydrogen-bond acceptors (Lipinski definition) is 0. The molecule has 0 heteroatoms. The number of fused-ring (bicyclic) bond motifs is 10. The highest BCUT2D eigenvalue weighted by molar-refractivity contribution is 5.99. The van der Waals surface area contributed by atoms with E-state index in [4.69, 9.17) is 0 Å². The summed E-state index contributed by atoms with van der Waals surface area (Å²) in [5.74, 6) is 0. The summed E-state index contributed by atoms with van der Waals surface area (Å²) in [6.45, 7) is 7.98. The summed E-state index contributed by atoms with van der Waals surface area (Å²) < 4.78 is 0. The third-order valence-corrected chi connectivity index (χ3v) is 8.65. The van der Waals surface area contributed by atoms with Gasteiger partial charge < -0.3 is 0 Å². The Morgan fingerprint density at radius 1 is 0.463 bits per heavy atom. The maximum absolute atomic E-state index is 3.83. The van der Waals surface area contributed by atoms with Crippen molar-refractivity contribution in [1.82, 2.24) is 0 Å². The van der Waals surface area contributed by atoms with Crippen molar-refractivity contribution in [1.29, 1.82) is 0 Å². The van der Waals surface area contributed by atoms with E-state index in [9.17, 15) is 0 Å². The van der Waals surface area contributed by atoms with Gasteiger partial charge in [-0.1, -0.05) is 163 Å². The summed E-state index contributed by atoms with van der Waals surface area (Å²) in [6.07, 6.45) is 0. The van der Waals surface area contributed by atoms with E-state index in [1.165, 1.54) is 66.8 Å². The zero-order valence-corrected chi connectivity index (χ0v) is 23.6. The topological polar surface area (TPSA) is 0 Å². The van der Waals surface area contributed by atoms with Crippen LogP contribution in [0.15, 0.2) is 152 Å². The van der Waals surface area contributed by atoms with Gasteiger partial charge in [0, 0.05) is 0 Å². The highest BCUT2D eigenvalue weighted by atomic mass is 14.5. The van der Waals surface area contributed by atoms with Gasteiger partial charge in [-0.3, -0.25) is 0 Å². The molecule has 0 aromatic heterocycles. The van der Waals surface area contributed by atoms with Crippen LogP contribution in [-0.4, -0.2) is 0 Å². The van der Waals surface area contributed by atoms with Gasteiger partial charge >= 0.3 is 0 Å². The first-order chi connectivity index (χ1) is 20.1. The third kappa shape index (κ3) is 3.83. The summed E-state index contributed by atoms with van der Waals surface area (Å²) in [6, 6.07) is 53.0. The average Bonchev–Trinajstić information content (AvgIpc) is 3.50. The molecule has 0 aliphatic heterocycles. The molecule has 0 unspecified atom stereocenters. The average molecular weight is 525 g/mol. The molecule has 0 N–H and O–H groups in total. The number of aryl methyl sites for hydroxylation is 1. The molecule has 6 aromatic rings. The van der Waals surface area contributed by atoms with E-state index in [1.807, 2.05) is 25.1 Å². The number of allylic oxidation sites excluding steroid dienone is 1. The lowest BCUT2D eigenvalue weighted by Gasteiger charge is -2.30. The molecule has 41 heavy (non-hydrogen) atoms. The maximum atomic E-state index is 3.83. The minimum absolute atomic E-state index is 0.264. The molecule has 0 heterocycles. The minimum Gasteiger partial charge on any atom is -0.0955 e. The Balaban J connectivity index is 0.000000265. The van der Waals surface area contributed by atoms with Gasteiger partial charge in [-0.05, 0) is 75.0 Å². The second-order valence-corrected chi connectivity index (χ2v) is 11.1. The predicted octanol–water partition coefficient (Wildman–Crippen LogP) is 10.7. The molecule has 0 radical (unpaired) electrons. The molecule has 1 spiro atoms. The molecule has 2 aliphatic rings. The Morgan fingerprint density at radius 3 is 1.49 bits per heavy atom. The summed E-state index contributed by atoms with van der Waals surface area (Å²) in [5.41, 5.74) is 17.0. The SMILES string of the molecule is C=C(C)c1ccccc1.Cc1ccc(-c2cccc3c2-c2ccccc2C32c3ccccc3-c3ccccc32)cc1. The normalized spacial score (nSPS) is 12.9. The summed E-state index contributed by atoms with van der Waals surface area (Å²) >= 11 is 0. The molecule has 8 rings (SSSR count). The molecule has 0 nitrogen and oxygen atoms in total. The first-order valence-corrected chi connectivity index (χ1v) is 14.3. The zero-order chi connectivity index (χ0) is 28.0. The van der Waals surface area contributed by atoms with Crippen molar-refractivity contribution in [3.8, 4) is 33.4 Å². The largest absolute Gasteiger partial charge is 0.0955 e. The van der Waals surface area contributed by atoms with Crippen molar-refractivity contribution >= 4 is 5.57 Å². The Kier molecular flexibility index (Phi) is 6.06. The quantitative estimate of drug-likeness (QED) is 0.211. The summed E-state index contributed by atoms with van der Waals surface area (Å²) in [5, 5.41) is 0. The van der Waals surface area contributed by atoms with E-state index in [-0.39, 0.29) is 5.41 Å². The lowest BCUT2D eigenvalue weighted by Crippen LogP contribution is -2.25. The molecule has 6 aromatic carbocycles. The van der Waals surface area contributed by atoms with E-state index in [0.29, 0.717) is 0 Å². The first-order valence-electron chi connectivity index (χ1n) is 14.3. The molecular formula is C41H32. The second kappa shape index (κ2) is 9.91. The Labute approximate surface area is 243 Å². The van der Waals surface area contributed by atoms with Crippen molar-refractivity contribution in [2.75, 3.05) is 0 Å². The van der Waals surface area contributed by atoms with Gasteiger partial charge in [-0.2, -0.15) is 0 Å². The molecule has 0 bridgehead atoms. The zero-order valence-electron chi connectivity index (χ0n) is 23.6. The van der Waals surface area contributed by atoms with Crippen LogP contribution in [0.5, 0.6) is 0 Å². The van der Waals surface area contributed by atoms with Crippen molar-refractivity contribution in [3.05, 3.63) is 186 Å². The molecule has 0 fully saturated rings. The summed E-state index contributed by atoms with van der Waals surface area (Å²) in [7, 11) is 0.